The Kier molecular flexibility index (Phi) is 3.33. The van der Waals surface area contributed by atoms with Gasteiger partial charge in [-0.15, -0.1) is 11.3 Å². The van der Waals surface area contributed by atoms with Crippen molar-refractivity contribution in [3.63, 3.8) is 0 Å². The molecule has 0 aliphatic carbocycles. The van der Waals surface area contributed by atoms with Gasteiger partial charge in [-0.05, 0) is 34.3 Å². The van der Waals surface area contributed by atoms with E-state index in [0.717, 1.165) is 10.2 Å². The zero-order valence-electron chi connectivity index (χ0n) is 8.14. The average molecular weight is 284 g/mol. The van der Waals surface area contributed by atoms with Crippen molar-refractivity contribution < 1.29 is 0 Å². The zero-order valence-corrected chi connectivity index (χ0v) is 10.5. The Morgan fingerprint density at radius 2 is 2.13 bits per heavy atom. The van der Waals surface area contributed by atoms with Crippen molar-refractivity contribution in [2.45, 2.75) is 13.0 Å². The van der Waals surface area contributed by atoms with Crippen LogP contribution in [0.3, 0.4) is 0 Å². The van der Waals surface area contributed by atoms with Crippen LogP contribution in [0.4, 0.5) is 5.69 Å². The number of hydrogen-bond acceptors (Lipinski definition) is 4. The molecule has 15 heavy (non-hydrogen) atoms. The Morgan fingerprint density at radius 3 is 2.73 bits per heavy atom. The molecule has 2 heterocycles. The number of aromatic nitrogens is 2. The number of rotatable bonds is 3. The van der Waals surface area contributed by atoms with Crippen LogP contribution in [0.5, 0.6) is 0 Å². The largest absolute Gasteiger partial charge is 0.375 e. The Hall–Kier alpha value is -0.940. The van der Waals surface area contributed by atoms with Crippen molar-refractivity contribution in [3.8, 4) is 0 Å². The van der Waals surface area contributed by atoms with Gasteiger partial charge in [0.15, 0.2) is 0 Å². The molecule has 1 N–H and O–H groups in total. The molecule has 1 unspecified atom stereocenters. The highest BCUT2D eigenvalue weighted by molar-refractivity contribution is 9.10. The van der Waals surface area contributed by atoms with Gasteiger partial charge >= 0.3 is 0 Å². The second-order valence-electron chi connectivity index (χ2n) is 3.13. The summed E-state index contributed by atoms with van der Waals surface area (Å²) in [5.74, 6) is 0. The van der Waals surface area contributed by atoms with E-state index < -0.39 is 0 Å². The van der Waals surface area contributed by atoms with Gasteiger partial charge in [-0.1, -0.05) is 0 Å². The lowest BCUT2D eigenvalue weighted by atomic mass is 10.2. The van der Waals surface area contributed by atoms with Crippen molar-refractivity contribution in [2.75, 3.05) is 5.32 Å². The van der Waals surface area contributed by atoms with Crippen LogP contribution in [0.1, 0.15) is 17.8 Å². The Labute approximate surface area is 101 Å². The quantitative estimate of drug-likeness (QED) is 0.937. The minimum Gasteiger partial charge on any atom is -0.375 e. The van der Waals surface area contributed by atoms with Crippen molar-refractivity contribution in [3.05, 3.63) is 39.5 Å². The average Bonchev–Trinajstić information content (AvgIpc) is 2.66. The number of nitrogens with zero attached hydrogens (tertiary/aromatic N) is 2. The highest BCUT2D eigenvalue weighted by atomic mass is 79.9. The summed E-state index contributed by atoms with van der Waals surface area (Å²) in [6.07, 6.45) is 5.06. The van der Waals surface area contributed by atoms with Gasteiger partial charge in [0.2, 0.25) is 0 Å². The summed E-state index contributed by atoms with van der Waals surface area (Å²) in [7, 11) is 0. The van der Waals surface area contributed by atoms with E-state index in [1.807, 2.05) is 0 Å². The first-order chi connectivity index (χ1) is 7.27. The topological polar surface area (TPSA) is 37.8 Å². The van der Waals surface area contributed by atoms with Crippen LogP contribution in [-0.4, -0.2) is 9.97 Å². The number of hydrogen-bond donors (Lipinski definition) is 1. The molecule has 0 saturated heterocycles. The fourth-order valence-corrected chi connectivity index (χ4v) is 3.03. The monoisotopic (exact) mass is 283 g/mol. The van der Waals surface area contributed by atoms with Crippen LogP contribution >= 0.6 is 27.3 Å². The van der Waals surface area contributed by atoms with Gasteiger partial charge in [0.25, 0.3) is 0 Å². The molecule has 0 aliphatic rings. The molecule has 5 heteroatoms. The van der Waals surface area contributed by atoms with E-state index in [1.54, 1.807) is 23.7 Å². The minimum absolute atomic E-state index is 0.255. The third kappa shape index (κ3) is 2.54. The van der Waals surface area contributed by atoms with Crippen LogP contribution in [0, 0.1) is 0 Å². The van der Waals surface area contributed by atoms with E-state index in [2.05, 4.69) is 49.6 Å². The molecule has 0 radical (unpaired) electrons. The molecule has 3 nitrogen and oxygen atoms in total. The molecular formula is C10H10BrN3S. The lowest BCUT2D eigenvalue weighted by Gasteiger charge is -2.13. The fourth-order valence-electron chi connectivity index (χ4n) is 1.30. The molecular weight excluding hydrogens is 274 g/mol. The van der Waals surface area contributed by atoms with Crippen LogP contribution in [0.25, 0.3) is 0 Å². The maximum absolute atomic E-state index is 3.96. The molecule has 0 bridgehead atoms. The fraction of sp³-hybridized carbons (Fsp3) is 0.200. The van der Waals surface area contributed by atoms with Gasteiger partial charge in [0.05, 0.1) is 24.1 Å². The van der Waals surface area contributed by atoms with Crippen molar-refractivity contribution >= 4 is 33.0 Å². The maximum atomic E-state index is 3.96. The summed E-state index contributed by atoms with van der Waals surface area (Å²) in [5.41, 5.74) is 0.935. The van der Waals surface area contributed by atoms with E-state index in [-0.39, 0.29) is 6.04 Å². The summed E-state index contributed by atoms with van der Waals surface area (Å²) in [6.45, 7) is 2.11. The predicted molar refractivity (Wildman–Crippen MR) is 66.1 cm³/mol. The van der Waals surface area contributed by atoms with Crippen molar-refractivity contribution in [1.82, 2.24) is 9.97 Å². The molecule has 0 aliphatic heterocycles. The van der Waals surface area contributed by atoms with E-state index in [1.165, 1.54) is 11.2 Å². The highest BCUT2D eigenvalue weighted by Gasteiger charge is 2.10. The van der Waals surface area contributed by atoms with Gasteiger partial charge in [0.1, 0.15) is 6.33 Å². The Morgan fingerprint density at radius 1 is 1.40 bits per heavy atom. The van der Waals surface area contributed by atoms with Crippen LogP contribution in [0.2, 0.25) is 0 Å². The number of anilines is 1. The van der Waals surface area contributed by atoms with Gasteiger partial charge < -0.3 is 5.32 Å². The van der Waals surface area contributed by atoms with E-state index in [4.69, 9.17) is 0 Å². The Bertz CT molecular complexity index is 429. The summed E-state index contributed by atoms with van der Waals surface area (Å²) in [4.78, 5) is 9.20. The van der Waals surface area contributed by atoms with E-state index in [0.29, 0.717) is 0 Å². The lowest BCUT2D eigenvalue weighted by molar-refractivity contribution is 0.897. The first-order valence-electron chi connectivity index (χ1n) is 4.52. The van der Waals surface area contributed by atoms with Crippen LogP contribution in [-0.2, 0) is 0 Å². The molecule has 0 spiro atoms. The number of halogens is 1. The molecule has 0 fully saturated rings. The van der Waals surface area contributed by atoms with Gasteiger partial charge in [0, 0.05) is 9.35 Å². The molecule has 1 atom stereocenters. The Balaban J connectivity index is 2.11. The maximum Gasteiger partial charge on any atom is 0.115 e. The number of thiophene rings is 1. The molecule has 78 valence electrons. The molecule has 0 aromatic carbocycles. The summed E-state index contributed by atoms with van der Waals surface area (Å²) in [6, 6.07) is 2.31. The molecule has 0 saturated carbocycles. The summed E-state index contributed by atoms with van der Waals surface area (Å²) in [5, 5.41) is 5.41. The van der Waals surface area contributed by atoms with Crippen molar-refractivity contribution in [1.29, 1.82) is 0 Å². The van der Waals surface area contributed by atoms with Gasteiger partial charge in [-0.25, -0.2) is 9.97 Å². The minimum atomic E-state index is 0.255. The lowest BCUT2D eigenvalue weighted by Crippen LogP contribution is -2.05. The molecule has 2 rings (SSSR count). The predicted octanol–water partition coefficient (Wildman–Crippen LogP) is 3.47. The van der Waals surface area contributed by atoms with Gasteiger partial charge in [-0.2, -0.15) is 0 Å². The third-order valence-corrected chi connectivity index (χ3v) is 4.04. The highest BCUT2D eigenvalue weighted by Crippen LogP contribution is 2.30. The van der Waals surface area contributed by atoms with Crippen LogP contribution < -0.4 is 5.32 Å². The third-order valence-electron chi connectivity index (χ3n) is 1.98. The normalized spacial score (nSPS) is 12.4. The molecule has 0 amide bonds. The van der Waals surface area contributed by atoms with Gasteiger partial charge in [-0.3, -0.25) is 0 Å². The second kappa shape index (κ2) is 4.72. The first kappa shape index (κ1) is 10.6. The first-order valence-corrected chi connectivity index (χ1v) is 6.19. The smallest absolute Gasteiger partial charge is 0.115 e. The zero-order chi connectivity index (χ0) is 10.7. The standard InChI is InChI=1S/C10H10BrN3S/c1-7(10-9(11)2-3-15-10)14-8-4-12-6-13-5-8/h2-7,14H,1H3. The number of nitrogens with one attached hydrogen (secondary N) is 1. The second-order valence-corrected chi connectivity index (χ2v) is 4.93. The van der Waals surface area contributed by atoms with Crippen molar-refractivity contribution in [2.24, 2.45) is 0 Å². The molecule has 2 aromatic rings. The SMILES string of the molecule is CC(Nc1cncnc1)c1sccc1Br. The van der Waals surface area contributed by atoms with E-state index >= 15 is 0 Å². The van der Waals surface area contributed by atoms with Crippen LogP contribution in [0.15, 0.2) is 34.6 Å². The van der Waals surface area contributed by atoms with E-state index in [9.17, 15) is 0 Å². The summed E-state index contributed by atoms with van der Waals surface area (Å²) >= 11 is 5.25. The molecule has 2 aromatic heterocycles. The summed E-state index contributed by atoms with van der Waals surface area (Å²) < 4.78 is 1.14.